The predicted octanol–water partition coefficient (Wildman–Crippen LogP) is -0.505. The van der Waals surface area contributed by atoms with Gasteiger partial charge >= 0.3 is 0 Å². The third kappa shape index (κ3) is 3.15. The molecule has 74 valence electrons. The van der Waals surface area contributed by atoms with Crippen LogP contribution in [0.2, 0.25) is 0 Å². The van der Waals surface area contributed by atoms with Gasteiger partial charge in [-0.05, 0) is 0 Å². The predicted molar refractivity (Wildman–Crippen MR) is 49.9 cm³/mol. The van der Waals surface area contributed by atoms with Crippen molar-refractivity contribution in [1.82, 2.24) is 14.9 Å². The molecule has 0 unspecified atom stereocenters. The van der Waals surface area contributed by atoms with Crippen molar-refractivity contribution >= 4 is 11.7 Å². The number of rotatable bonds is 4. The number of carbonyl (C=O) groups excluding carboxylic acids is 1. The topological polar surface area (TPSA) is 96.7 Å². The van der Waals surface area contributed by atoms with Crippen LogP contribution in [0.1, 0.15) is 6.42 Å². The van der Waals surface area contributed by atoms with Gasteiger partial charge in [-0.25, -0.2) is 4.98 Å². The summed E-state index contributed by atoms with van der Waals surface area (Å²) in [4.78, 5) is 15.0. The number of nitrogens with zero attached hydrogens (tertiary/aromatic N) is 3. The van der Waals surface area contributed by atoms with Crippen molar-refractivity contribution < 1.29 is 4.79 Å². The second-order valence-electron chi connectivity index (χ2n) is 2.73. The first kappa shape index (κ1) is 10.1. The number of imidazole rings is 1. The highest BCUT2D eigenvalue weighted by atomic mass is 16.1. The number of amides is 1. The molecule has 1 aromatic rings. The molecular formula is C8H11N5O. The monoisotopic (exact) mass is 193 g/mol. The molecule has 3 N–H and O–H groups in total. The molecule has 0 aromatic carbocycles. The Morgan fingerprint density at radius 2 is 2.57 bits per heavy atom. The average Bonchev–Trinajstić information content (AvgIpc) is 2.52. The molecule has 0 aliphatic carbocycles. The molecular weight excluding hydrogens is 182 g/mol. The Labute approximate surface area is 81.3 Å². The van der Waals surface area contributed by atoms with E-state index in [0.717, 1.165) is 0 Å². The standard InChI is InChI=1S/C8H11N5O/c9-2-1-3-11-8(14)5-13-4-7(10)12-6-13/h4,6H,1,3,5,10H2,(H,11,14). The van der Waals surface area contributed by atoms with Crippen LogP contribution >= 0.6 is 0 Å². The van der Waals surface area contributed by atoms with Crippen molar-refractivity contribution in [2.24, 2.45) is 0 Å². The minimum Gasteiger partial charge on any atom is -0.382 e. The lowest BCUT2D eigenvalue weighted by molar-refractivity contribution is -0.121. The fourth-order valence-corrected chi connectivity index (χ4v) is 0.943. The molecule has 0 bridgehead atoms. The van der Waals surface area contributed by atoms with E-state index in [0.29, 0.717) is 18.8 Å². The molecule has 6 nitrogen and oxygen atoms in total. The highest BCUT2D eigenvalue weighted by Gasteiger charge is 2.01. The highest BCUT2D eigenvalue weighted by Crippen LogP contribution is 1.95. The second-order valence-corrected chi connectivity index (χ2v) is 2.73. The summed E-state index contributed by atoms with van der Waals surface area (Å²) >= 11 is 0. The van der Waals surface area contributed by atoms with Crippen LogP contribution < -0.4 is 11.1 Å². The quantitative estimate of drug-likeness (QED) is 0.629. The first-order chi connectivity index (χ1) is 6.72. The molecule has 0 saturated carbocycles. The molecule has 1 aromatic heterocycles. The number of nitrogen functional groups attached to an aromatic ring is 1. The van der Waals surface area contributed by atoms with E-state index in [1.54, 1.807) is 10.8 Å². The SMILES string of the molecule is N#CCCNC(=O)Cn1cnc(N)c1. The molecule has 0 aliphatic rings. The third-order valence-electron chi connectivity index (χ3n) is 1.54. The van der Waals surface area contributed by atoms with E-state index in [9.17, 15) is 4.79 Å². The van der Waals surface area contributed by atoms with Gasteiger partial charge in [0, 0.05) is 12.7 Å². The highest BCUT2D eigenvalue weighted by molar-refractivity contribution is 5.75. The summed E-state index contributed by atoms with van der Waals surface area (Å²) in [5, 5.41) is 10.8. The lowest BCUT2D eigenvalue weighted by Gasteiger charge is -2.02. The van der Waals surface area contributed by atoms with Crippen molar-refractivity contribution in [1.29, 1.82) is 5.26 Å². The first-order valence-corrected chi connectivity index (χ1v) is 4.13. The van der Waals surface area contributed by atoms with Crippen molar-refractivity contribution in [3.63, 3.8) is 0 Å². The molecule has 0 spiro atoms. The zero-order valence-electron chi connectivity index (χ0n) is 7.60. The second kappa shape index (κ2) is 4.87. The van der Waals surface area contributed by atoms with Crippen LogP contribution in [0.25, 0.3) is 0 Å². The Bertz CT molecular complexity index is 351. The largest absolute Gasteiger partial charge is 0.382 e. The van der Waals surface area contributed by atoms with E-state index in [2.05, 4.69) is 10.3 Å². The summed E-state index contributed by atoms with van der Waals surface area (Å²) in [6.07, 6.45) is 3.38. The minimum atomic E-state index is -0.155. The summed E-state index contributed by atoms with van der Waals surface area (Å²) in [5.41, 5.74) is 5.37. The Hall–Kier alpha value is -2.03. The van der Waals surface area contributed by atoms with Gasteiger partial charge in [0.05, 0.1) is 18.8 Å². The van der Waals surface area contributed by atoms with E-state index >= 15 is 0 Å². The fourth-order valence-electron chi connectivity index (χ4n) is 0.943. The molecule has 0 saturated heterocycles. The molecule has 6 heteroatoms. The number of hydrogen-bond acceptors (Lipinski definition) is 4. The molecule has 0 aliphatic heterocycles. The number of anilines is 1. The van der Waals surface area contributed by atoms with Crippen LogP contribution in [0.3, 0.4) is 0 Å². The van der Waals surface area contributed by atoms with E-state index in [4.69, 9.17) is 11.0 Å². The van der Waals surface area contributed by atoms with E-state index in [1.807, 2.05) is 6.07 Å². The summed E-state index contributed by atoms with van der Waals surface area (Å²) in [7, 11) is 0. The maximum atomic E-state index is 11.2. The van der Waals surface area contributed by atoms with Gasteiger partial charge < -0.3 is 15.6 Å². The number of nitrogens with one attached hydrogen (secondary N) is 1. The van der Waals surface area contributed by atoms with Crippen LogP contribution in [-0.4, -0.2) is 22.0 Å². The number of aromatic nitrogens is 2. The van der Waals surface area contributed by atoms with Gasteiger partial charge in [0.15, 0.2) is 0 Å². The Morgan fingerprint density at radius 1 is 1.79 bits per heavy atom. The molecule has 0 radical (unpaired) electrons. The van der Waals surface area contributed by atoms with Gasteiger partial charge in [-0.2, -0.15) is 5.26 Å². The zero-order valence-corrected chi connectivity index (χ0v) is 7.60. The first-order valence-electron chi connectivity index (χ1n) is 4.13. The van der Waals surface area contributed by atoms with Crippen LogP contribution in [0.5, 0.6) is 0 Å². The Morgan fingerprint density at radius 3 is 3.14 bits per heavy atom. The molecule has 0 fully saturated rings. The van der Waals surface area contributed by atoms with Crippen LogP contribution in [0.4, 0.5) is 5.82 Å². The van der Waals surface area contributed by atoms with Crippen LogP contribution in [-0.2, 0) is 11.3 Å². The van der Waals surface area contributed by atoms with Gasteiger partial charge in [0.1, 0.15) is 12.4 Å². The Kier molecular flexibility index (Phi) is 3.49. The van der Waals surface area contributed by atoms with Crippen LogP contribution in [0.15, 0.2) is 12.5 Å². The van der Waals surface area contributed by atoms with Crippen molar-refractivity contribution in [3.05, 3.63) is 12.5 Å². The van der Waals surface area contributed by atoms with E-state index in [-0.39, 0.29) is 12.5 Å². The summed E-state index contributed by atoms with van der Waals surface area (Å²) in [6, 6.07) is 1.94. The van der Waals surface area contributed by atoms with Crippen molar-refractivity contribution in [2.75, 3.05) is 12.3 Å². The molecule has 0 atom stereocenters. The van der Waals surface area contributed by atoms with Gasteiger partial charge in [-0.3, -0.25) is 4.79 Å². The zero-order chi connectivity index (χ0) is 10.4. The number of nitriles is 1. The summed E-state index contributed by atoms with van der Waals surface area (Å²) in [6.45, 7) is 0.551. The minimum absolute atomic E-state index is 0.155. The average molecular weight is 193 g/mol. The molecule has 1 rings (SSSR count). The van der Waals surface area contributed by atoms with Crippen molar-refractivity contribution in [2.45, 2.75) is 13.0 Å². The van der Waals surface area contributed by atoms with Gasteiger partial charge in [-0.1, -0.05) is 0 Å². The maximum Gasteiger partial charge on any atom is 0.240 e. The van der Waals surface area contributed by atoms with Gasteiger partial charge in [0.2, 0.25) is 5.91 Å². The van der Waals surface area contributed by atoms with E-state index < -0.39 is 0 Å². The van der Waals surface area contributed by atoms with Gasteiger partial charge in [0.25, 0.3) is 0 Å². The fraction of sp³-hybridized carbons (Fsp3) is 0.375. The smallest absolute Gasteiger partial charge is 0.240 e. The lowest BCUT2D eigenvalue weighted by Crippen LogP contribution is -2.27. The third-order valence-corrected chi connectivity index (χ3v) is 1.54. The molecule has 1 amide bonds. The number of hydrogen-bond donors (Lipinski definition) is 2. The normalized spacial score (nSPS) is 9.36. The lowest BCUT2D eigenvalue weighted by atomic mass is 10.4. The molecule has 14 heavy (non-hydrogen) atoms. The number of nitrogens with two attached hydrogens (primary N) is 1. The van der Waals surface area contributed by atoms with Gasteiger partial charge in [-0.15, -0.1) is 0 Å². The van der Waals surface area contributed by atoms with E-state index in [1.165, 1.54) is 6.33 Å². The maximum absolute atomic E-state index is 11.2. The Balaban J connectivity index is 2.31. The van der Waals surface area contributed by atoms with Crippen LogP contribution in [0, 0.1) is 11.3 Å². The number of carbonyl (C=O) groups is 1. The summed E-state index contributed by atoms with van der Waals surface area (Å²) in [5.74, 6) is 0.229. The molecule has 1 heterocycles. The summed E-state index contributed by atoms with van der Waals surface area (Å²) < 4.78 is 1.58. The van der Waals surface area contributed by atoms with Crippen molar-refractivity contribution in [3.8, 4) is 6.07 Å².